The van der Waals surface area contributed by atoms with E-state index in [2.05, 4.69) is 22.2 Å². The minimum Gasteiger partial charge on any atom is -0.478 e. The Morgan fingerprint density at radius 1 is 1.33 bits per heavy atom. The van der Waals surface area contributed by atoms with E-state index in [9.17, 15) is 4.79 Å². The average molecular weight is 249 g/mol. The van der Waals surface area contributed by atoms with Crippen LogP contribution in [0.5, 0.6) is 0 Å². The number of nitrogens with zero attached hydrogens (tertiary/aromatic N) is 2. The van der Waals surface area contributed by atoms with Crippen LogP contribution in [0.25, 0.3) is 6.08 Å². The van der Waals surface area contributed by atoms with Crippen LogP contribution in [0.15, 0.2) is 18.5 Å². The van der Waals surface area contributed by atoms with Crippen molar-refractivity contribution in [1.82, 2.24) is 9.97 Å². The fraction of sp³-hybridized carbons (Fsp3) is 0.462. The normalized spacial score (nSPS) is 10.7. The second-order valence-corrected chi connectivity index (χ2v) is 4.00. The number of carbonyl (C=O) groups is 1. The molecule has 1 aromatic heterocycles. The highest BCUT2D eigenvalue weighted by atomic mass is 16.4. The summed E-state index contributed by atoms with van der Waals surface area (Å²) in [5.74, 6) is -0.396. The molecule has 2 N–H and O–H groups in total. The van der Waals surface area contributed by atoms with Gasteiger partial charge in [0.2, 0.25) is 5.95 Å². The molecule has 0 unspecified atom stereocenters. The summed E-state index contributed by atoms with van der Waals surface area (Å²) in [6.45, 7) is 3.05. The molecule has 0 aliphatic heterocycles. The van der Waals surface area contributed by atoms with Crippen LogP contribution in [0, 0.1) is 0 Å². The van der Waals surface area contributed by atoms with E-state index >= 15 is 0 Å². The summed E-state index contributed by atoms with van der Waals surface area (Å²) >= 11 is 0. The van der Waals surface area contributed by atoms with Crippen molar-refractivity contribution in [2.45, 2.75) is 32.6 Å². The number of hydrogen-bond donors (Lipinski definition) is 2. The molecule has 0 aromatic carbocycles. The van der Waals surface area contributed by atoms with Crippen molar-refractivity contribution in [3.63, 3.8) is 0 Å². The Balaban J connectivity index is 2.34. The first-order valence-corrected chi connectivity index (χ1v) is 6.19. The highest BCUT2D eigenvalue weighted by Crippen LogP contribution is 2.04. The average Bonchev–Trinajstić information content (AvgIpc) is 2.37. The lowest BCUT2D eigenvalue weighted by Crippen LogP contribution is -2.05. The van der Waals surface area contributed by atoms with Gasteiger partial charge in [0.15, 0.2) is 0 Å². The van der Waals surface area contributed by atoms with Crippen molar-refractivity contribution >= 4 is 18.0 Å². The van der Waals surface area contributed by atoms with Crippen molar-refractivity contribution in [3.05, 3.63) is 24.0 Å². The summed E-state index contributed by atoms with van der Waals surface area (Å²) in [6.07, 6.45) is 10.5. The second-order valence-electron chi connectivity index (χ2n) is 4.00. The molecule has 1 heterocycles. The number of nitrogens with one attached hydrogen (secondary N) is 1. The molecule has 5 heteroatoms. The van der Waals surface area contributed by atoms with Crippen LogP contribution >= 0.6 is 0 Å². The van der Waals surface area contributed by atoms with Crippen molar-refractivity contribution in [3.8, 4) is 0 Å². The first kappa shape index (κ1) is 14.2. The Kier molecular flexibility index (Phi) is 6.46. The van der Waals surface area contributed by atoms with E-state index in [0.29, 0.717) is 11.5 Å². The van der Waals surface area contributed by atoms with Gasteiger partial charge in [-0.15, -0.1) is 0 Å². The zero-order chi connectivity index (χ0) is 13.2. The highest BCUT2D eigenvalue weighted by Gasteiger charge is 1.95. The molecule has 0 bridgehead atoms. The summed E-state index contributed by atoms with van der Waals surface area (Å²) < 4.78 is 0. The van der Waals surface area contributed by atoms with Gasteiger partial charge in [0.25, 0.3) is 0 Å². The lowest BCUT2D eigenvalue weighted by molar-refractivity contribution is -0.131. The predicted molar refractivity (Wildman–Crippen MR) is 71.3 cm³/mol. The minimum absolute atomic E-state index is 0.582. The van der Waals surface area contributed by atoms with E-state index in [1.165, 1.54) is 25.3 Å². The van der Waals surface area contributed by atoms with Gasteiger partial charge < -0.3 is 10.4 Å². The fourth-order valence-electron chi connectivity index (χ4n) is 1.43. The maximum Gasteiger partial charge on any atom is 0.328 e. The van der Waals surface area contributed by atoms with Crippen molar-refractivity contribution in [2.75, 3.05) is 11.9 Å². The SMILES string of the molecule is CCCCCCNc1ncc(/C=C/C(=O)O)cn1. The fourth-order valence-corrected chi connectivity index (χ4v) is 1.43. The Labute approximate surface area is 107 Å². The monoisotopic (exact) mass is 249 g/mol. The molecule has 98 valence electrons. The largest absolute Gasteiger partial charge is 0.478 e. The standard InChI is InChI=1S/C13H19N3O2/c1-2-3-4-5-8-14-13-15-9-11(10-16-13)6-7-12(17)18/h6-7,9-10H,2-5,8H2,1H3,(H,17,18)(H,14,15,16)/b7-6+. The smallest absolute Gasteiger partial charge is 0.328 e. The van der Waals surface area contributed by atoms with Crippen molar-refractivity contribution in [2.24, 2.45) is 0 Å². The summed E-state index contributed by atoms with van der Waals surface area (Å²) in [5.41, 5.74) is 0.675. The van der Waals surface area contributed by atoms with E-state index in [1.807, 2.05) is 0 Å². The van der Waals surface area contributed by atoms with E-state index in [4.69, 9.17) is 5.11 Å². The maximum absolute atomic E-state index is 10.3. The van der Waals surface area contributed by atoms with Gasteiger partial charge in [0.05, 0.1) is 0 Å². The number of carboxylic acid groups (broad SMARTS) is 1. The second kappa shape index (κ2) is 8.22. The van der Waals surface area contributed by atoms with Crippen LogP contribution < -0.4 is 5.32 Å². The Morgan fingerprint density at radius 2 is 2.06 bits per heavy atom. The van der Waals surface area contributed by atoms with Crippen LogP contribution in [-0.4, -0.2) is 27.6 Å². The quantitative estimate of drug-likeness (QED) is 0.547. The molecule has 0 aliphatic rings. The van der Waals surface area contributed by atoms with E-state index in [1.54, 1.807) is 12.4 Å². The number of hydrogen-bond acceptors (Lipinski definition) is 4. The first-order valence-electron chi connectivity index (χ1n) is 6.19. The van der Waals surface area contributed by atoms with E-state index in [0.717, 1.165) is 19.0 Å². The number of carboxylic acids is 1. The van der Waals surface area contributed by atoms with Gasteiger partial charge in [-0.1, -0.05) is 26.2 Å². The summed E-state index contributed by atoms with van der Waals surface area (Å²) in [7, 11) is 0. The van der Waals surface area contributed by atoms with Crippen LogP contribution in [0.2, 0.25) is 0 Å². The van der Waals surface area contributed by atoms with Gasteiger partial charge in [0.1, 0.15) is 0 Å². The molecule has 0 saturated heterocycles. The molecule has 0 spiro atoms. The van der Waals surface area contributed by atoms with Gasteiger partial charge in [-0.25, -0.2) is 14.8 Å². The molecule has 0 saturated carbocycles. The third kappa shape index (κ3) is 5.98. The third-order valence-electron chi connectivity index (χ3n) is 2.40. The van der Waals surface area contributed by atoms with E-state index < -0.39 is 5.97 Å². The lowest BCUT2D eigenvalue weighted by Gasteiger charge is -2.03. The minimum atomic E-state index is -0.979. The van der Waals surface area contributed by atoms with Crippen LogP contribution in [-0.2, 0) is 4.79 Å². The van der Waals surface area contributed by atoms with Gasteiger partial charge in [-0.2, -0.15) is 0 Å². The Hall–Kier alpha value is -1.91. The topological polar surface area (TPSA) is 75.1 Å². The van der Waals surface area contributed by atoms with Crippen molar-refractivity contribution in [1.29, 1.82) is 0 Å². The highest BCUT2D eigenvalue weighted by molar-refractivity contribution is 5.85. The molecule has 1 aromatic rings. The van der Waals surface area contributed by atoms with Gasteiger partial charge in [-0.3, -0.25) is 0 Å². The predicted octanol–water partition coefficient (Wildman–Crippen LogP) is 2.57. The summed E-state index contributed by atoms with van der Waals surface area (Å²) in [4.78, 5) is 18.5. The number of unbranched alkanes of at least 4 members (excludes halogenated alkanes) is 3. The lowest BCUT2D eigenvalue weighted by atomic mass is 10.2. The molecule has 0 amide bonds. The maximum atomic E-state index is 10.3. The first-order chi connectivity index (χ1) is 8.72. The third-order valence-corrected chi connectivity index (χ3v) is 2.40. The molecule has 1 rings (SSSR count). The number of aliphatic carboxylic acids is 1. The Morgan fingerprint density at radius 3 is 2.67 bits per heavy atom. The molecule has 0 fully saturated rings. The molecule has 5 nitrogen and oxygen atoms in total. The van der Waals surface area contributed by atoms with Crippen molar-refractivity contribution < 1.29 is 9.90 Å². The summed E-state index contributed by atoms with van der Waals surface area (Å²) in [6, 6.07) is 0. The number of rotatable bonds is 8. The van der Waals surface area contributed by atoms with Crippen LogP contribution in [0.3, 0.4) is 0 Å². The molecular weight excluding hydrogens is 230 g/mol. The van der Waals surface area contributed by atoms with Gasteiger partial charge in [0, 0.05) is 30.6 Å². The van der Waals surface area contributed by atoms with Crippen LogP contribution in [0.1, 0.15) is 38.2 Å². The van der Waals surface area contributed by atoms with E-state index in [-0.39, 0.29) is 0 Å². The zero-order valence-electron chi connectivity index (χ0n) is 10.6. The molecule has 0 atom stereocenters. The summed E-state index contributed by atoms with van der Waals surface area (Å²) in [5, 5.41) is 11.6. The van der Waals surface area contributed by atoms with Crippen LogP contribution in [0.4, 0.5) is 5.95 Å². The zero-order valence-corrected chi connectivity index (χ0v) is 10.6. The molecular formula is C13H19N3O2. The Bertz CT molecular complexity index is 388. The van der Waals surface area contributed by atoms with Gasteiger partial charge in [-0.05, 0) is 12.5 Å². The number of aromatic nitrogens is 2. The molecule has 0 aliphatic carbocycles. The van der Waals surface area contributed by atoms with Gasteiger partial charge >= 0.3 is 5.97 Å². The number of anilines is 1. The molecule has 18 heavy (non-hydrogen) atoms. The molecule has 0 radical (unpaired) electrons.